The van der Waals surface area contributed by atoms with E-state index in [2.05, 4.69) is 29.2 Å². The maximum absolute atomic E-state index is 9.03. The van der Waals surface area contributed by atoms with Crippen molar-refractivity contribution in [1.82, 2.24) is 4.98 Å². The molecule has 1 N–H and O–H groups in total. The third kappa shape index (κ3) is 3.68. The minimum atomic E-state index is 0.0690. The van der Waals surface area contributed by atoms with Crippen LogP contribution in [-0.4, -0.2) is 10.1 Å². The maximum atomic E-state index is 9.03. The Hall–Kier alpha value is -1.67. The third-order valence-electron chi connectivity index (χ3n) is 2.81. The van der Waals surface area contributed by atoms with E-state index in [0.717, 1.165) is 24.8 Å². The largest absolute Gasteiger partial charge is 0.392 e. The molecular formula is C15H17NO. The molecule has 2 aromatic rings. The molecule has 0 fully saturated rings. The minimum absolute atomic E-state index is 0.0690. The quantitative estimate of drug-likeness (QED) is 0.852. The van der Waals surface area contributed by atoms with Crippen LogP contribution >= 0.6 is 0 Å². The molecule has 0 radical (unpaired) electrons. The summed E-state index contributed by atoms with van der Waals surface area (Å²) in [5, 5.41) is 9.03. The highest BCUT2D eigenvalue weighted by Crippen LogP contribution is 2.09. The highest BCUT2D eigenvalue weighted by molar-refractivity contribution is 5.18. The van der Waals surface area contributed by atoms with Crippen molar-refractivity contribution in [2.75, 3.05) is 0 Å². The summed E-state index contributed by atoms with van der Waals surface area (Å²) in [6.45, 7) is 0.0690. The topological polar surface area (TPSA) is 33.1 Å². The van der Waals surface area contributed by atoms with Crippen LogP contribution in [0.4, 0.5) is 0 Å². The Morgan fingerprint density at radius 2 is 1.59 bits per heavy atom. The zero-order valence-electron chi connectivity index (χ0n) is 9.84. The Kier molecular flexibility index (Phi) is 4.28. The van der Waals surface area contributed by atoms with Gasteiger partial charge in [-0.15, -0.1) is 0 Å². The van der Waals surface area contributed by atoms with Crippen LogP contribution in [0.5, 0.6) is 0 Å². The molecule has 0 atom stereocenters. The molecule has 88 valence electrons. The number of nitrogens with zero attached hydrogens (tertiary/aromatic N) is 1. The van der Waals surface area contributed by atoms with E-state index < -0.39 is 0 Å². The van der Waals surface area contributed by atoms with Gasteiger partial charge in [-0.25, -0.2) is 0 Å². The van der Waals surface area contributed by atoms with Crippen molar-refractivity contribution < 1.29 is 5.11 Å². The smallest absolute Gasteiger partial charge is 0.0696 e. The van der Waals surface area contributed by atoms with Crippen molar-refractivity contribution in [3.8, 4) is 0 Å². The van der Waals surface area contributed by atoms with Crippen molar-refractivity contribution in [1.29, 1.82) is 0 Å². The van der Waals surface area contributed by atoms with Crippen LogP contribution in [0.15, 0.2) is 48.8 Å². The van der Waals surface area contributed by atoms with Gasteiger partial charge in [0.25, 0.3) is 0 Å². The average molecular weight is 227 g/mol. The lowest BCUT2D eigenvalue weighted by Gasteiger charge is -2.03. The summed E-state index contributed by atoms with van der Waals surface area (Å²) in [6.07, 6.45) is 6.80. The number of aliphatic hydroxyl groups excluding tert-OH is 1. The lowest BCUT2D eigenvalue weighted by atomic mass is 10.0. The van der Waals surface area contributed by atoms with Gasteiger partial charge in [-0.05, 0) is 36.0 Å². The van der Waals surface area contributed by atoms with Crippen molar-refractivity contribution in [3.05, 3.63) is 65.5 Å². The number of aliphatic hydroxyl groups is 1. The molecule has 0 bridgehead atoms. The fraction of sp³-hybridized carbons (Fsp3) is 0.267. The summed E-state index contributed by atoms with van der Waals surface area (Å²) >= 11 is 0. The Morgan fingerprint density at radius 1 is 0.882 bits per heavy atom. The van der Waals surface area contributed by atoms with Crippen molar-refractivity contribution in [2.45, 2.75) is 25.9 Å². The fourth-order valence-electron chi connectivity index (χ4n) is 1.91. The highest BCUT2D eigenvalue weighted by Gasteiger charge is 1.97. The molecule has 0 unspecified atom stereocenters. The van der Waals surface area contributed by atoms with Crippen LogP contribution in [0.25, 0.3) is 0 Å². The van der Waals surface area contributed by atoms with E-state index in [1.807, 2.05) is 18.3 Å². The molecule has 0 amide bonds. The SMILES string of the molecule is OCc1cncc(CCCc2ccccc2)c1. The zero-order chi connectivity index (χ0) is 11.9. The summed E-state index contributed by atoms with van der Waals surface area (Å²) in [5.74, 6) is 0. The lowest BCUT2D eigenvalue weighted by Crippen LogP contribution is -1.93. The summed E-state index contributed by atoms with van der Waals surface area (Å²) < 4.78 is 0. The molecule has 2 nitrogen and oxygen atoms in total. The number of aromatic nitrogens is 1. The van der Waals surface area contributed by atoms with E-state index in [1.165, 1.54) is 11.1 Å². The van der Waals surface area contributed by atoms with Crippen molar-refractivity contribution in [2.24, 2.45) is 0 Å². The first-order chi connectivity index (χ1) is 8.38. The molecule has 1 heterocycles. The number of hydrogen-bond acceptors (Lipinski definition) is 2. The van der Waals surface area contributed by atoms with E-state index in [9.17, 15) is 0 Å². The van der Waals surface area contributed by atoms with Gasteiger partial charge in [0.2, 0.25) is 0 Å². The summed E-state index contributed by atoms with van der Waals surface area (Å²) in [7, 11) is 0. The predicted octanol–water partition coefficient (Wildman–Crippen LogP) is 2.75. The first kappa shape index (κ1) is 11.8. The molecule has 0 spiro atoms. The maximum Gasteiger partial charge on any atom is 0.0696 e. The second-order valence-electron chi connectivity index (χ2n) is 4.20. The van der Waals surface area contributed by atoms with Crippen LogP contribution in [0.1, 0.15) is 23.1 Å². The Bertz CT molecular complexity index is 453. The summed E-state index contributed by atoms with van der Waals surface area (Å²) in [5.41, 5.74) is 3.47. The highest BCUT2D eigenvalue weighted by atomic mass is 16.3. The van der Waals surface area contributed by atoms with Crippen LogP contribution in [0.2, 0.25) is 0 Å². The van der Waals surface area contributed by atoms with E-state index in [4.69, 9.17) is 5.11 Å². The number of pyridine rings is 1. The van der Waals surface area contributed by atoms with Gasteiger partial charge in [0, 0.05) is 12.4 Å². The van der Waals surface area contributed by atoms with Crippen LogP contribution in [-0.2, 0) is 19.4 Å². The fourth-order valence-corrected chi connectivity index (χ4v) is 1.91. The zero-order valence-corrected chi connectivity index (χ0v) is 9.84. The van der Waals surface area contributed by atoms with Crippen LogP contribution in [0, 0.1) is 0 Å². The monoisotopic (exact) mass is 227 g/mol. The molecule has 17 heavy (non-hydrogen) atoms. The second kappa shape index (κ2) is 6.16. The first-order valence-electron chi connectivity index (χ1n) is 5.96. The van der Waals surface area contributed by atoms with E-state index >= 15 is 0 Å². The van der Waals surface area contributed by atoms with Gasteiger partial charge >= 0.3 is 0 Å². The number of hydrogen-bond donors (Lipinski definition) is 1. The van der Waals surface area contributed by atoms with Crippen LogP contribution < -0.4 is 0 Å². The lowest BCUT2D eigenvalue weighted by molar-refractivity contribution is 0.281. The van der Waals surface area contributed by atoms with Crippen molar-refractivity contribution in [3.63, 3.8) is 0 Å². The molecular weight excluding hydrogens is 210 g/mol. The molecule has 0 saturated carbocycles. The molecule has 0 aliphatic carbocycles. The van der Waals surface area contributed by atoms with Gasteiger partial charge < -0.3 is 5.11 Å². The Balaban J connectivity index is 1.86. The Labute approximate surface area is 102 Å². The minimum Gasteiger partial charge on any atom is -0.392 e. The van der Waals surface area contributed by atoms with Gasteiger partial charge in [0.1, 0.15) is 0 Å². The second-order valence-corrected chi connectivity index (χ2v) is 4.20. The number of rotatable bonds is 5. The molecule has 2 rings (SSSR count). The van der Waals surface area contributed by atoms with Gasteiger partial charge in [0.15, 0.2) is 0 Å². The molecule has 1 aromatic heterocycles. The van der Waals surface area contributed by atoms with Gasteiger partial charge in [-0.3, -0.25) is 4.98 Å². The summed E-state index contributed by atoms with van der Waals surface area (Å²) in [4.78, 5) is 4.12. The van der Waals surface area contributed by atoms with Crippen molar-refractivity contribution >= 4 is 0 Å². The first-order valence-corrected chi connectivity index (χ1v) is 5.96. The Morgan fingerprint density at radius 3 is 2.35 bits per heavy atom. The molecule has 1 aromatic carbocycles. The third-order valence-corrected chi connectivity index (χ3v) is 2.81. The molecule has 0 aliphatic rings. The van der Waals surface area contributed by atoms with Crippen LogP contribution in [0.3, 0.4) is 0 Å². The summed E-state index contributed by atoms with van der Waals surface area (Å²) in [6, 6.07) is 12.5. The van der Waals surface area contributed by atoms with E-state index in [-0.39, 0.29) is 6.61 Å². The van der Waals surface area contributed by atoms with Gasteiger partial charge in [0.05, 0.1) is 6.61 Å². The van der Waals surface area contributed by atoms with Gasteiger partial charge in [-0.1, -0.05) is 36.4 Å². The standard InChI is InChI=1S/C15H17NO/c17-12-15-9-14(10-16-11-15)8-4-7-13-5-2-1-3-6-13/h1-3,5-6,9-11,17H,4,7-8,12H2. The molecule has 0 aliphatic heterocycles. The molecule has 0 saturated heterocycles. The van der Waals surface area contributed by atoms with E-state index in [0.29, 0.717) is 0 Å². The predicted molar refractivity (Wildman–Crippen MR) is 68.6 cm³/mol. The van der Waals surface area contributed by atoms with Gasteiger partial charge in [-0.2, -0.15) is 0 Å². The number of aryl methyl sites for hydroxylation is 2. The average Bonchev–Trinajstić information content (AvgIpc) is 2.40. The molecule has 2 heteroatoms. The number of benzene rings is 1. The normalized spacial score (nSPS) is 10.4. The van der Waals surface area contributed by atoms with E-state index in [1.54, 1.807) is 6.20 Å².